The Morgan fingerprint density at radius 3 is 2.85 bits per heavy atom. The molecule has 0 saturated heterocycles. The molecule has 0 fully saturated rings. The zero-order valence-corrected chi connectivity index (χ0v) is 11.5. The lowest BCUT2D eigenvalue weighted by molar-refractivity contribution is 0.0525. The highest BCUT2D eigenvalue weighted by molar-refractivity contribution is 6.04. The van der Waals surface area contributed by atoms with Crippen LogP contribution in [-0.2, 0) is 4.74 Å². The molecule has 104 valence electrons. The van der Waals surface area contributed by atoms with Gasteiger partial charge in [-0.25, -0.2) is 4.79 Å². The second kappa shape index (κ2) is 5.64. The van der Waals surface area contributed by atoms with E-state index in [4.69, 9.17) is 9.94 Å². The zero-order chi connectivity index (χ0) is 14.7. The lowest BCUT2D eigenvalue weighted by Crippen LogP contribution is -2.10. The Bertz CT molecular complexity index is 696. The Hall–Kier alpha value is -2.50. The van der Waals surface area contributed by atoms with Crippen molar-refractivity contribution in [3.63, 3.8) is 0 Å². The molecule has 2 aromatic rings. The number of aryl methyl sites for hydroxylation is 2. The highest BCUT2D eigenvalue weighted by atomic mass is 16.5. The third-order valence-corrected chi connectivity index (χ3v) is 3.11. The lowest BCUT2D eigenvalue weighted by Gasteiger charge is -2.12. The van der Waals surface area contributed by atoms with Gasteiger partial charge in [0.1, 0.15) is 5.69 Å². The first-order valence-corrected chi connectivity index (χ1v) is 6.20. The van der Waals surface area contributed by atoms with E-state index in [-0.39, 0.29) is 5.97 Å². The lowest BCUT2D eigenvalue weighted by atomic mass is 9.96. The minimum absolute atomic E-state index is 0.326. The molecule has 1 N–H and O–H groups in total. The Balaban J connectivity index is 2.74. The van der Waals surface area contributed by atoms with Crippen molar-refractivity contribution < 1.29 is 14.7 Å². The number of esters is 1. The molecule has 20 heavy (non-hydrogen) atoms. The highest BCUT2D eigenvalue weighted by Crippen LogP contribution is 2.26. The average Bonchev–Trinajstić information content (AvgIpc) is 2.40. The summed E-state index contributed by atoms with van der Waals surface area (Å²) in [7, 11) is 0. The number of fused-ring (bicyclic) bond motifs is 1. The fourth-order valence-corrected chi connectivity index (χ4v) is 2.25. The van der Waals surface area contributed by atoms with Crippen molar-refractivity contribution in [2.75, 3.05) is 6.61 Å². The van der Waals surface area contributed by atoms with Crippen molar-refractivity contribution in [3.8, 4) is 0 Å². The Kier molecular flexibility index (Phi) is 3.93. The minimum atomic E-state index is -0.349. The van der Waals surface area contributed by atoms with E-state index in [1.54, 1.807) is 13.1 Å². The number of rotatable bonds is 3. The van der Waals surface area contributed by atoms with E-state index in [0.29, 0.717) is 17.9 Å². The van der Waals surface area contributed by atoms with Crippen LogP contribution in [0.1, 0.15) is 34.1 Å². The van der Waals surface area contributed by atoms with Crippen LogP contribution < -0.4 is 0 Å². The summed E-state index contributed by atoms with van der Waals surface area (Å²) in [6.45, 7) is 5.76. The molecular formula is C14H15N3O3. The standard InChI is InChI=1S/C14H15N3O3/c1-4-20-14(18)13-8(2)5-10-11(9(13)3)6-15-17-12(10)7-16-19/h5-7,19H,4H2,1-3H3. The fraction of sp³-hybridized carbons (Fsp3) is 0.286. The topological polar surface area (TPSA) is 84.7 Å². The number of oxime groups is 1. The molecule has 0 aliphatic heterocycles. The van der Waals surface area contributed by atoms with Crippen LogP contribution >= 0.6 is 0 Å². The van der Waals surface area contributed by atoms with Gasteiger partial charge in [0.2, 0.25) is 0 Å². The Labute approximate surface area is 116 Å². The summed E-state index contributed by atoms with van der Waals surface area (Å²) >= 11 is 0. The van der Waals surface area contributed by atoms with Crippen LogP contribution in [0.3, 0.4) is 0 Å². The predicted molar refractivity (Wildman–Crippen MR) is 74.3 cm³/mol. The second-order valence-corrected chi connectivity index (χ2v) is 4.35. The smallest absolute Gasteiger partial charge is 0.338 e. The van der Waals surface area contributed by atoms with E-state index >= 15 is 0 Å². The molecule has 0 spiro atoms. The van der Waals surface area contributed by atoms with Crippen molar-refractivity contribution in [2.45, 2.75) is 20.8 Å². The maximum atomic E-state index is 12.0. The maximum absolute atomic E-state index is 12.0. The first-order chi connectivity index (χ1) is 9.60. The summed E-state index contributed by atoms with van der Waals surface area (Å²) in [5.74, 6) is -0.349. The monoisotopic (exact) mass is 273 g/mol. The van der Waals surface area contributed by atoms with Gasteiger partial charge in [-0.2, -0.15) is 5.10 Å². The van der Waals surface area contributed by atoms with Gasteiger partial charge in [-0.05, 0) is 38.0 Å². The molecule has 1 aromatic heterocycles. The van der Waals surface area contributed by atoms with Crippen LogP contribution in [0.4, 0.5) is 0 Å². The zero-order valence-electron chi connectivity index (χ0n) is 11.5. The van der Waals surface area contributed by atoms with E-state index in [0.717, 1.165) is 21.9 Å². The van der Waals surface area contributed by atoms with E-state index in [9.17, 15) is 4.79 Å². The van der Waals surface area contributed by atoms with Gasteiger partial charge in [-0.15, -0.1) is 5.10 Å². The van der Waals surface area contributed by atoms with Gasteiger partial charge in [-0.1, -0.05) is 5.16 Å². The number of benzene rings is 1. The van der Waals surface area contributed by atoms with Gasteiger partial charge in [-0.3, -0.25) is 0 Å². The van der Waals surface area contributed by atoms with Gasteiger partial charge >= 0.3 is 5.97 Å². The van der Waals surface area contributed by atoms with Gasteiger partial charge in [0.15, 0.2) is 0 Å². The average molecular weight is 273 g/mol. The molecule has 0 bridgehead atoms. The quantitative estimate of drug-likeness (QED) is 0.401. The number of aromatic nitrogens is 2. The van der Waals surface area contributed by atoms with Crippen LogP contribution in [-0.4, -0.2) is 34.2 Å². The highest BCUT2D eigenvalue weighted by Gasteiger charge is 2.17. The van der Waals surface area contributed by atoms with Gasteiger partial charge < -0.3 is 9.94 Å². The van der Waals surface area contributed by atoms with Gasteiger partial charge in [0, 0.05) is 10.8 Å². The van der Waals surface area contributed by atoms with Crippen LogP contribution in [0.2, 0.25) is 0 Å². The molecule has 0 aliphatic rings. The second-order valence-electron chi connectivity index (χ2n) is 4.35. The van der Waals surface area contributed by atoms with Gasteiger partial charge in [0.25, 0.3) is 0 Å². The van der Waals surface area contributed by atoms with Crippen molar-refractivity contribution in [1.82, 2.24) is 10.2 Å². The summed E-state index contributed by atoms with van der Waals surface area (Å²) in [5.41, 5.74) is 2.56. The number of ether oxygens (including phenoxy) is 1. The van der Waals surface area contributed by atoms with Crippen molar-refractivity contribution in [1.29, 1.82) is 0 Å². The third-order valence-electron chi connectivity index (χ3n) is 3.11. The van der Waals surface area contributed by atoms with E-state index < -0.39 is 0 Å². The first kappa shape index (κ1) is 13.9. The SMILES string of the molecule is CCOC(=O)c1c(C)cc2c(C=NO)nncc2c1C. The van der Waals surface area contributed by atoms with E-state index in [1.807, 2.05) is 19.9 Å². The van der Waals surface area contributed by atoms with E-state index in [1.165, 1.54) is 6.21 Å². The van der Waals surface area contributed by atoms with Crippen molar-refractivity contribution >= 4 is 23.0 Å². The number of nitrogens with zero attached hydrogens (tertiary/aromatic N) is 3. The summed E-state index contributed by atoms with van der Waals surface area (Å²) in [6, 6.07) is 1.82. The molecule has 0 amide bonds. The molecule has 0 radical (unpaired) electrons. The maximum Gasteiger partial charge on any atom is 0.338 e. The molecular weight excluding hydrogens is 258 g/mol. The number of hydrogen-bond donors (Lipinski definition) is 1. The molecule has 0 aliphatic carbocycles. The fourth-order valence-electron chi connectivity index (χ4n) is 2.25. The normalized spacial score (nSPS) is 11.2. The molecule has 2 rings (SSSR count). The Morgan fingerprint density at radius 1 is 1.45 bits per heavy atom. The Morgan fingerprint density at radius 2 is 2.20 bits per heavy atom. The largest absolute Gasteiger partial charge is 0.462 e. The molecule has 6 nitrogen and oxygen atoms in total. The molecule has 1 heterocycles. The number of carbonyl (C=O) groups excluding carboxylic acids is 1. The number of hydrogen-bond acceptors (Lipinski definition) is 6. The first-order valence-electron chi connectivity index (χ1n) is 6.20. The predicted octanol–water partition coefficient (Wildman–Crippen LogP) is 2.23. The van der Waals surface area contributed by atoms with Crippen molar-refractivity contribution in [2.24, 2.45) is 5.16 Å². The summed E-state index contributed by atoms with van der Waals surface area (Å²) in [5, 5.41) is 21.0. The molecule has 0 unspecified atom stereocenters. The van der Waals surface area contributed by atoms with Crippen LogP contribution in [0.5, 0.6) is 0 Å². The summed E-state index contributed by atoms with van der Waals surface area (Å²) in [4.78, 5) is 12.0. The summed E-state index contributed by atoms with van der Waals surface area (Å²) in [6.07, 6.45) is 2.81. The van der Waals surface area contributed by atoms with Gasteiger partial charge in [0.05, 0.1) is 24.6 Å². The third kappa shape index (κ3) is 2.32. The minimum Gasteiger partial charge on any atom is -0.462 e. The molecule has 0 atom stereocenters. The van der Waals surface area contributed by atoms with Crippen LogP contribution in [0, 0.1) is 13.8 Å². The van der Waals surface area contributed by atoms with Crippen LogP contribution in [0.15, 0.2) is 17.4 Å². The summed E-state index contributed by atoms with van der Waals surface area (Å²) < 4.78 is 5.07. The molecule has 6 heteroatoms. The van der Waals surface area contributed by atoms with Crippen molar-refractivity contribution in [3.05, 3.63) is 34.6 Å². The number of carbonyl (C=O) groups is 1. The van der Waals surface area contributed by atoms with E-state index in [2.05, 4.69) is 15.4 Å². The molecule has 0 saturated carbocycles. The van der Waals surface area contributed by atoms with Crippen LogP contribution in [0.25, 0.3) is 10.8 Å². The molecule has 1 aromatic carbocycles.